The highest BCUT2D eigenvalue weighted by Crippen LogP contribution is 2.12. The first-order valence-electron chi connectivity index (χ1n) is 6.67. The lowest BCUT2D eigenvalue weighted by Gasteiger charge is -2.16. The lowest BCUT2D eigenvalue weighted by Crippen LogP contribution is -2.31. The third-order valence-electron chi connectivity index (χ3n) is 3.17. The number of rotatable bonds is 5. The minimum Gasteiger partial charge on any atom is -0.394 e. The van der Waals surface area contributed by atoms with Crippen molar-refractivity contribution in [1.29, 1.82) is 5.26 Å². The van der Waals surface area contributed by atoms with Crippen molar-refractivity contribution in [2.24, 2.45) is 0 Å². The predicted octanol–water partition coefficient (Wildman–Crippen LogP) is 1.95. The third kappa shape index (κ3) is 4.16. The first-order chi connectivity index (χ1) is 10.2. The molecule has 0 aliphatic heterocycles. The first kappa shape index (κ1) is 14.8. The van der Waals surface area contributed by atoms with Crippen molar-refractivity contribution in [2.75, 3.05) is 6.61 Å². The maximum absolute atomic E-state index is 12.0. The molecule has 106 valence electrons. The van der Waals surface area contributed by atoms with Gasteiger partial charge in [0.2, 0.25) is 5.91 Å². The lowest BCUT2D eigenvalue weighted by molar-refractivity contribution is -0.121. The Morgan fingerprint density at radius 2 is 1.81 bits per heavy atom. The van der Waals surface area contributed by atoms with Gasteiger partial charge in [0.15, 0.2) is 0 Å². The summed E-state index contributed by atoms with van der Waals surface area (Å²) in [7, 11) is 0. The SMILES string of the molecule is N#Cc1ccc(CC(=O)N[C@@H](CO)c2ccccc2)cc1. The standard InChI is InChI=1S/C17H16N2O2/c18-11-14-8-6-13(7-9-14)10-17(21)19-16(12-20)15-4-2-1-3-5-15/h1-9,16,20H,10,12H2,(H,19,21)/t16-/m0/s1. The molecule has 0 heterocycles. The highest BCUT2D eigenvalue weighted by molar-refractivity contribution is 5.79. The Morgan fingerprint density at radius 1 is 1.14 bits per heavy atom. The Balaban J connectivity index is 1.98. The van der Waals surface area contributed by atoms with Crippen LogP contribution in [-0.2, 0) is 11.2 Å². The number of carbonyl (C=O) groups excluding carboxylic acids is 1. The summed E-state index contributed by atoms with van der Waals surface area (Å²) in [5.41, 5.74) is 2.26. The Hall–Kier alpha value is -2.64. The van der Waals surface area contributed by atoms with Gasteiger partial charge in [-0.2, -0.15) is 5.26 Å². The highest BCUT2D eigenvalue weighted by Gasteiger charge is 2.13. The predicted molar refractivity (Wildman–Crippen MR) is 79.3 cm³/mol. The second-order valence-corrected chi connectivity index (χ2v) is 4.70. The quantitative estimate of drug-likeness (QED) is 0.879. The molecule has 0 saturated heterocycles. The number of aliphatic hydroxyl groups excluding tert-OH is 1. The zero-order chi connectivity index (χ0) is 15.1. The van der Waals surface area contributed by atoms with E-state index in [0.29, 0.717) is 5.56 Å². The molecule has 0 aromatic heterocycles. The minimum atomic E-state index is -0.405. The Kier molecular flexibility index (Phi) is 5.08. The summed E-state index contributed by atoms with van der Waals surface area (Å²) in [4.78, 5) is 12.0. The van der Waals surface area contributed by atoms with Crippen LogP contribution in [0.3, 0.4) is 0 Å². The fourth-order valence-electron chi connectivity index (χ4n) is 2.05. The van der Waals surface area contributed by atoms with E-state index in [0.717, 1.165) is 11.1 Å². The van der Waals surface area contributed by atoms with Gasteiger partial charge in [-0.25, -0.2) is 0 Å². The van der Waals surface area contributed by atoms with Gasteiger partial charge in [-0.3, -0.25) is 4.79 Å². The smallest absolute Gasteiger partial charge is 0.224 e. The average molecular weight is 280 g/mol. The summed E-state index contributed by atoms with van der Waals surface area (Å²) in [6.45, 7) is -0.150. The van der Waals surface area contributed by atoms with Crippen molar-refractivity contribution in [3.63, 3.8) is 0 Å². The van der Waals surface area contributed by atoms with Gasteiger partial charge in [-0.05, 0) is 23.3 Å². The molecule has 4 heteroatoms. The summed E-state index contributed by atoms with van der Waals surface area (Å²) in [5.74, 6) is -0.164. The van der Waals surface area contributed by atoms with E-state index < -0.39 is 6.04 Å². The molecule has 2 rings (SSSR count). The summed E-state index contributed by atoms with van der Waals surface area (Å²) < 4.78 is 0. The molecule has 1 atom stereocenters. The number of amides is 1. The molecule has 21 heavy (non-hydrogen) atoms. The van der Waals surface area contributed by atoms with E-state index in [2.05, 4.69) is 5.32 Å². The summed E-state index contributed by atoms with van der Waals surface area (Å²) >= 11 is 0. The molecule has 2 aromatic rings. The maximum atomic E-state index is 12.0. The fraction of sp³-hybridized carbons (Fsp3) is 0.176. The second-order valence-electron chi connectivity index (χ2n) is 4.70. The van der Waals surface area contributed by atoms with Gasteiger partial charge in [0.05, 0.1) is 30.7 Å². The number of hydrogen-bond acceptors (Lipinski definition) is 3. The third-order valence-corrected chi connectivity index (χ3v) is 3.17. The zero-order valence-electron chi connectivity index (χ0n) is 11.5. The van der Waals surface area contributed by atoms with Crippen LogP contribution < -0.4 is 5.32 Å². The number of carbonyl (C=O) groups is 1. The molecule has 0 spiro atoms. The fourth-order valence-corrected chi connectivity index (χ4v) is 2.05. The van der Waals surface area contributed by atoms with Crippen molar-refractivity contribution < 1.29 is 9.90 Å². The lowest BCUT2D eigenvalue weighted by atomic mass is 10.1. The number of benzene rings is 2. The van der Waals surface area contributed by atoms with Gasteiger partial charge in [0.1, 0.15) is 0 Å². The summed E-state index contributed by atoms with van der Waals surface area (Å²) in [5, 5.41) is 20.9. The molecule has 0 radical (unpaired) electrons. The molecule has 0 aliphatic rings. The largest absolute Gasteiger partial charge is 0.394 e. The Labute approximate surface area is 123 Å². The summed E-state index contributed by atoms with van der Waals surface area (Å²) in [6, 6.07) is 17.9. The molecular formula is C17H16N2O2. The Morgan fingerprint density at radius 3 is 2.38 bits per heavy atom. The van der Waals surface area contributed by atoms with Crippen LogP contribution in [0.4, 0.5) is 0 Å². The molecule has 0 fully saturated rings. The van der Waals surface area contributed by atoms with Crippen LogP contribution in [0.1, 0.15) is 22.7 Å². The van der Waals surface area contributed by atoms with Gasteiger partial charge in [-0.1, -0.05) is 42.5 Å². The van der Waals surface area contributed by atoms with Crippen LogP contribution in [0.5, 0.6) is 0 Å². The molecule has 1 amide bonds. The number of nitrogens with zero attached hydrogens (tertiary/aromatic N) is 1. The monoisotopic (exact) mass is 280 g/mol. The van der Waals surface area contributed by atoms with Gasteiger partial charge < -0.3 is 10.4 Å². The minimum absolute atomic E-state index is 0.150. The number of hydrogen-bond donors (Lipinski definition) is 2. The second kappa shape index (κ2) is 7.22. The van der Waals surface area contributed by atoms with Crippen LogP contribution in [0.2, 0.25) is 0 Å². The average Bonchev–Trinajstić information content (AvgIpc) is 2.54. The van der Waals surface area contributed by atoms with Gasteiger partial charge in [-0.15, -0.1) is 0 Å². The van der Waals surface area contributed by atoms with Crippen molar-refractivity contribution in [3.8, 4) is 6.07 Å². The van der Waals surface area contributed by atoms with Crippen LogP contribution in [0, 0.1) is 11.3 Å². The molecule has 0 unspecified atom stereocenters. The van der Waals surface area contributed by atoms with Crippen molar-refractivity contribution in [3.05, 3.63) is 71.3 Å². The van der Waals surface area contributed by atoms with E-state index >= 15 is 0 Å². The highest BCUT2D eigenvalue weighted by atomic mass is 16.3. The number of nitrogens with one attached hydrogen (secondary N) is 1. The Bertz CT molecular complexity index is 630. The van der Waals surface area contributed by atoms with Crippen molar-refractivity contribution in [2.45, 2.75) is 12.5 Å². The normalized spacial score (nSPS) is 11.4. The van der Waals surface area contributed by atoms with Crippen molar-refractivity contribution >= 4 is 5.91 Å². The number of aliphatic hydroxyl groups is 1. The van der Waals surface area contributed by atoms with E-state index in [1.54, 1.807) is 24.3 Å². The molecule has 2 aromatic carbocycles. The molecule has 2 N–H and O–H groups in total. The molecule has 0 aliphatic carbocycles. The topological polar surface area (TPSA) is 73.1 Å². The van der Waals surface area contributed by atoms with E-state index in [-0.39, 0.29) is 18.9 Å². The molecular weight excluding hydrogens is 264 g/mol. The van der Waals surface area contributed by atoms with Crippen LogP contribution in [-0.4, -0.2) is 17.6 Å². The van der Waals surface area contributed by atoms with Gasteiger partial charge in [0.25, 0.3) is 0 Å². The van der Waals surface area contributed by atoms with E-state index in [1.165, 1.54) is 0 Å². The summed E-state index contributed by atoms with van der Waals surface area (Å²) in [6.07, 6.45) is 0.217. The molecule has 0 bridgehead atoms. The zero-order valence-corrected chi connectivity index (χ0v) is 11.5. The van der Waals surface area contributed by atoms with E-state index in [4.69, 9.17) is 5.26 Å². The van der Waals surface area contributed by atoms with Crippen LogP contribution >= 0.6 is 0 Å². The van der Waals surface area contributed by atoms with E-state index in [9.17, 15) is 9.90 Å². The van der Waals surface area contributed by atoms with Crippen LogP contribution in [0.15, 0.2) is 54.6 Å². The van der Waals surface area contributed by atoms with Gasteiger partial charge >= 0.3 is 0 Å². The van der Waals surface area contributed by atoms with Crippen molar-refractivity contribution in [1.82, 2.24) is 5.32 Å². The maximum Gasteiger partial charge on any atom is 0.224 e. The van der Waals surface area contributed by atoms with Crippen LogP contribution in [0.25, 0.3) is 0 Å². The number of nitriles is 1. The first-order valence-corrected chi connectivity index (χ1v) is 6.67. The molecule has 0 saturated carbocycles. The van der Waals surface area contributed by atoms with Gasteiger partial charge in [0, 0.05) is 0 Å². The van der Waals surface area contributed by atoms with E-state index in [1.807, 2.05) is 36.4 Å². The molecule has 4 nitrogen and oxygen atoms in total.